The molecule has 1 N–H and O–H groups in total. The molecule has 5 nitrogen and oxygen atoms in total. The van der Waals surface area contributed by atoms with E-state index in [4.69, 9.17) is 9.84 Å². The number of rotatable bonds is 11. The first-order chi connectivity index (χ1) is 9.02. The number of ether oxygens (including phenoxy) is 1. The SMILES string of the molecule is CCCCCCC(C(=O)CCC(=O)O)C(=O)OCC. The van der Waals surface area contributed by atoms with Gasteiger partial charge in [-0.25, -0.2) is 0 Å². The molecule has 0 aromatic rings. The van der Waals surface area contributed by atoms with Crippen molar-refractivity contribution in [3.05, 3.63) is 0 Å². The Morgan fingerprint density at radius 2 is 1.74 bits per heavy atom. The Balaban J connectivity index is 4.34. The van der Waals surface area contributed by atoms with Crippen molar-refractivity contribution in [2.75, 3.05) is 6.61 Å². The van der Waals surface area contributed by atoms with Crippen LogP contribution in [0.4, 0.5) is 0 Å². The van der Waals surface area contributed by atoms with Gasteiger partial charge < -0.3 is 9.84 Å². The topological polar surface area (TPSA) is 80.7 Å². The second-order valence-electron chi connectivity index (χ2n) is 4.51. The van der Waals surface area contributed by atoms with Crippen LogP contribution in [0.2, 0.25) is 0 Å². The molecule has 0 amide bonds. The van der Waals surface area contributed by atoms with Gasteiger partial charge in [0.25, 0.3) is 0 Å². The van der Waals surface area contributed by atoms with Gasteiger partial charge in [0.2, 0.25) is 0 Å². The molecule has 0 saturated heterocycles. The molecular weight excluding hydrogens is 248 g/mol. The van der Waals surface area contributed by atoms with E-state index in [0.717, 1.165) is 25.7 Å². The molecular formula is C14H24O5. The molecule has 5 heteroatoms. The summed E-state index contributed by atoms with van der Waals surface area (Å²) in [6.45, 7) is 4.01. The molecule has 0 aliphatic carbocycles. The lowest BCUT2D eigenvalue weighted by molar-refractivity contribution is -0.152. The third kappa shape index (κ3) is 8.35. The van der Waals surface area contributed by atoms with Gasteiger partial charge in [-0.3, -0.25) is 14.4 Å². The summed E-state index contributed by atoms with van der Waals surface area (Å²) in [5, 5.41) is 8.56. The van der Waals surface area contributed by atoms with E-state index in [0.29, 0.717) is 6.42 Å². The first-order valence-electron chi connectivity index (χ1n) is 6.94. The molecule has 0 saturated carbocycles. The van der Waals surface area contributed by atoms with E-state index in [9.17, 15) is 14.4 Å². The fraction of sp³-hybridized carbons (Fsp3) is 0.786. The lowest BCUT2D eigenvalue weighted by Gasteiger charge is -2.14. The zero-order valence-electron chi connectivity index (χ0n) is 11.8. The van der Waals surface area contributed by atoms with Crippen LogP contribution in [0.1, 0.15) is 58.8 Å². The predicted octanol–water partition coefficient (Wildman–Crippen LogP) is 2.57. The number of carboxylic acids is 1. The largest absolute Gasteiger partial charge is 0.481 e. The molecule has 0 aromatic heterocycles. The molecule has 0 aromatic carbocycles. The first kappa shape index (κ1) is 17.6. The third-order valence-corrected chi connectivity index (χ3v) is 2.89. The van der Waals surface area contributed by atoms with Gasteiger partial charge in [0.15, 0.2) is 0 Å². The summed E-state index contributed by atoms with van der Waals surface area (Å²) in [6.07, 6.45) is 4.03. The molecule has 0 aliphatic heterocycles. The number of carbonyl (C=O) groups excluding carboxylic acids is 2. The predicted molar refractivity (Wildman–Crippen MR) is 70.8 cm³/mol. The van der Waals surface area contributed by atoms with E-state index < -0.39 is 17.9 Å². The van der Waals surface area contributed by atoms with Gasteiger partial charge in [0.05, 0.1) is 13.0 Å². The average Bonchev–Trinajstić information content (AvgIpc) is 2.36. The Morgan fingerprint density at radius 3 is 2.26 bits per heavy atom. The summed E-state index contributed by atoms with van der Waals surface area (Å²) in [4.78, 5) is 34.0. The van der Waals surface area contributed by atoms with Crippen molar-refractivity contribution in [2.45, 2.75) is 58.8 Å². The van der Waals surface area contributed by atoms with Crippen LogP contribution in [0, 0.1) is 5.92 Å². The monoisotopic (exact) mass is 272 g/mol. The standard InChI is InChI=1S/C14H24O5/c1-3-5-6-7-8-11(14(18)19-4-2)12(15)9-10-13(16)17/h11H,3-10H2,1-2H3,(H,16,17). The molecule has 1 atom stereocenters. The molecule has 0 fully saturated rings. The molecule has 0 bridgehead atoms. The van der Waals surface area contributed by atoms with Gasteiger partial charge in [0.1, 0.15) is 11.7 Å². The Hall–Kier alpha value is -1.39. The second-order valence-corrected chi connectivity index (χ2v) is 4.51. The van der Waals surface area contributed by atoms with Gasteiger partial charge in [-0.15, -0.1) is 0 Å². The Morgan fingerprint density at radius 1 is 1.05 bits per heavy atom. The van der Waals surface area contributed by atoms with Crippen molar-refractivity contribution in [1.82, 2.24) is 0 Å². The number of hydrogen-bond donors (Lipinski definition) is 1. The number of esters is 1. The van der Waals surface area contributed by atoms with Crippen LogP contribution >= 0.6 is 0 Å². The number of carboxylic acid groups (broad SMARTS) is 1. The number of carbonyl (C=O) groups is 3. The number of ketones is 1. The minimum absolute atomic E-state index is 0.105. The average molecular weight is 272 g/mol. The summed E-state index contributed by atoms with van der Waals surface area (Å²) in [5.41, 5.74) is 0. The molecule has 0 heterocycles. The summed E-state index contributed by atoms with van der Waals surface area (Å²) < 4.78 is 4.88. The van der Waals surface area contributed by atoms with Crippen LogP contribution in [0.5, 0.6) is 0 Å². The van der Waals surface area contributed by atoms with Gasteiger partial charge in [-0.2, -0.15) is 0 Å². The first-order valence-corrected chi connectivity index (χ1v) is 6.94. The van der Waals surface area contributed by atoms with Crippen molar-refractivity contribution in [1.29, 1.82) is 0 Å². The molecule has 19 heavy (non-hydrogen) atoms. The highest BCUT2D eigenvalue weighted by Crippen LogP contribution is 2.16. The van der Waals surface area contributed by atoms with E-state index >= 15 is 0 Å². The van der Waals surface area contributed by atoms with Crippen molar-refractivity contribution >= 4 is 17.7 Å². The molecule has 1 unspecified atom stereocenters. The maximum absolute atomic E-state index is 11.9. The number of hydrogen-bond acceptors (Lipinski definition) is 4. The van der Waals surface area contributed by atoms with Crippen LogP contribution in [-0.2, 0) is 19.1 Å². The third-order valence-electron chi connectivity index (χ3n) is 2.89. The summed E-state index contributed by atoms with van der Waals surface area (Å²) in [6, 6.07) is 0. The fourth-order valence-corrected chi connectivity index (χ4v) is 1.83. The zero-order chi connectivity index (χ0) is 14.7. The van der Waals surface area contributed by atoms with E-state index in [1.807, 2.05) is 0 Å². The highest BCUT2D eigenvalue weighted by Gasteiger charge is 2.27. The Bertz CT molecular complexity index is 298. The van der Waals surface area contributed by atoms with Gasteiger partial charge in [-0.05, 0) is 13.3 Å². The van der Waals surface area contributed by atoms with Crippen LogP contribution in [-0.4, -0.2) is 29.4 Å². The molecule has 0 radical (unpaired) electrons. The lowest BCUT2D eigenvalue weighted by Crippen LogP contribution is -2.26. The Kier molecular flexibility index (Phi) is 9.75. The van der Waals surface area contributed by atoms with Gasteiger partial charge in [-0.1, -0.05) is 32.6 Å². The van der Waals surface area contributed by atoms with Crippen molar-refractivity contribution < 1.29 is 24.2 Å². The van der Waals surface area contributed by atoms with E-state index in [1.54, 1.807) is 6.92 Å². The van der Waals surface area contributed by atoms with Crippen LogP contribution in [0.3, 0.4) is 0 Å². The normalized spacial score (nSPS) is 11.9. The molecule has 0 spiro atoms. The number of aliphatic carboxylic acids is 1. The summed E-state index contributed by atoms with van der Waals surface area (Å²) in [5.74, 6) is -2.66. The molecule has 110 valence electrons. The van der Waals surface area contributed by atoms with E-state index in [2.05, 4.69) is 6.92 Å². The van der Waals surface area contributed by atoms with Gasteiger partial charge >= 0.3 is 11.9 Å². The second kappa shape index (κ2) is 10.5. The van der Waals surface area contributed by atoms with Crippen molar-refractivity contribution in [2.24, 2.45) is 5.92 Å². The van der Waals surface area contributed by atoms with Crippen LogP contribution in [0.15, 0.2) is 0 Å². The summed E-state index contributed by atoms with van der Waals surface area (Å²) >= 11 is 0. The highest BCUT2D eigenvalue weighted by molar-refractivity contribution is 5.99. The van der Waals surface area contributed by atoms with E-state index in [1.165, 1.54) is 0 Å². The minimum atomic E-state index is -1.03. The molecule has 0 rings (SSSR count). The van der Waals surface area contributed by atoms with Crippen LogP contribution < -0.4 is 0 Å². The maximum Gasteiger partial charge on any atom is 0.316 e. The number of Topliss-reactive ketones (excluding diaryl/α,β-unsaturated/α-hetero) is 1. The van der Waals surface area contributed by atoms with Crippen LogP contribution in [0.25, 0.3) is 0 Å². The lowest BCUT2D eigenvalue weighted by atomic mass is 9.94. The van der Waals surface area contributed by atoms with Gasteiger partial charge in [0, 0.05) is 6.42 Å². The number of unbranched alkanes of at least 4 members (excludes halogenated alkanes) is 3. The van der Waals surface area contributed by atoms with Crippen molar-refractivity contribution in [3.8, 4) is 0 Å². The smallest absolute Gasteiger partial charge is 0.316 e. The summed E-state index contributed by atoms with van der Waals surface area (Å²) in [7, 11) is 0. The zero-order valence-corrected chi connectivity index (χ0v) is 11.8. The quantitative estimate of drug-likeness (QED) is 0.355. The van der Waals surface area contributed by atoms with Crippen molar-refractivity contribution in [3.63, 3.8) is 0 Å². The highest BCUT2D eigenvalue weighted by atomic mass is 16.5. The minimum Gasteiger partial charge on any atom is -0.481 e. The molecule has 0 aliphatic rings. The van der Waals surface area contributed by atoms with E-state index in [-0.39, 0.29) is 25.2 Å². The Labute approximate surface area is 114 Å². The fourth-order valence-electron chi connectivity index (χ4n) is 1.83. The maximum atomic E-state index is 11.9.